The van der Waals surface area contributed by atoms with E-state index in [2.05, 4.69) is 21.3 Å². The summed E-state index contributed by atoms with van der Waals surface area (Å²) in [6.07, 6.45) is 1.08. The number of thiocarbonyl (C=S) groups is 1. The van der Waals surface area contributed by atoms with Gasteiger partial charge in [-0.1, -0.05) is 60.4 Å². The molecule has 6 nitrogen and oxygen atoms in total. The lowest BCUT2D eigenvalue weighted by molar-refractivity contribution is -0.113. The summed E-state index contributed by atoms with van der Waals surface area (Å²) >= 11 is 8.55. The molecule has 2 aromatic heterocycles. The second-order valence-corrected chi connectivity index (χ2v) is 11.3. The number of nitrogens with one attached hydrogen (secondary N) is 1. The van der Waals surface area contributed by atoms with Crippen molar-refractivity contribution < 1.29 is 4.79 Å². The molecular formula is C24H24N4O2S3. The number of piperidine rings is 1. The number of pyridine rings is 1. The molecule has 3 aromatic rings. The number of rotatable bonds is 4. The third-order valence-electron chi connectivity index (χ3n) is 6.15. The molecule has 2 aliphatic heterocycles. The van der Waals surface area contributed by atoms with Crippen molar-refractivity contribution >= 4 is 50.7 Å². The summed E-state index contributed by atoms with van der Waals surface area (Å²) in [6.45, 7) is 4.37. The third-order valence-corrected chi connectivity index (χ3v) is 8.56. The zero-order chi connectivity index (χ0) is 22.9. The fourth-order valence-corrected chi connectivity index (χ4v) is 6.57. The first-order chi connectivity index (χ1) is 16.0. The molecular weight excluding hydrogens is 472 g/mol. The number of carbonyl (C=O) groups excluding carboxylic acids is 1. The van der Waals surface area contributed by atoms with Crippen LogP contribution >= 0.6 is 35.3 Å². The van der Waals surface area contributed by atoms with Gasteiger partial charge in [0.2, 0.25) is 5.91 Å². The van der Waals surface area contributed by atoms with Crippen LogP contribution in [0.3, 0.4) is 0 Å². The quantitative estimate of drug-likeness (QED) is 0.542. The number of anilines is 1. The predicted octanol–water partition coefficient (Wildman–Crippen LogP) is 4.36. The van der Waals surface area contributed by atoms with Crippen molar-refractivity contribution in [3.05, 3.63) is 69.5 Å². The van der Waals surface area contributed by atoms with Gasteiger partial charge in [-0.3, -0.25) is 9.59 Å². The molecule has 0 radical (unpaired) electrons. The number of benzene rings is 1. The molecule has 1 fully saturated rings. The monoisotopic (exact) mass is 496 g/mol. The molecule has 2 aliphatic rings. The van der Waals surface area contributed by atoms with E-state index >= 15 is 0 Å². The van der Waals surface area contributed by atoms with Crippen LogP contribution < -0.4 is 10.9 Å². The van der Waals surface area contributed by atoms with Gasteiger partial charge in [-0.25, -0.2) is 4.98 Å². The topological polar surface area (TPSA) is 67.2 Å². The highest BCUT2D eigenvalue weighted by molar-refractivity contribution is 8.23. The van der Waals surface area contributed by atoms with Gasteiger partial charge in [-0.05, 0) is 25.3 Å². The molecule has 2 bridgehead atoms. The Labute approximate surface area is 206 Å². The number of fused-ring (bicyclic) bond motifs is 4. The number of hydrogen-bond acceptors (Lipinski definition) is 6. The summed E-state index contributed by atoms with van der Waals surface area (Å²) in [7, 11) is 0. The smallest absolute Gasteiger partial charge is 0.250 e. The van der Waals surface area contributed by atoms with Gasteiger partial charge in [0, 0.05) is 47.8 Å². The molecule has 0 saturated carbocycles. The first kappa shape index (κ1) is 22.3. The summed E-state index contributed by atoms with van der Waals surface area (Å²) in [6, 6.07) is 15.5. The SMILES string of the molecule is Cc1sc(NC(=O)CSC(=S)N2CC3CC(C2)c2cccc(=O)n2C3)nc1-c1ccccc1. The number of hydrogen-bond donors (Lipinski definition) is 1. The molecule has 2 unspecified atom stereocenters. The Balaban J connectivity index is 1.18. The van der Waals surface area contributed by atoms with Gasteiger partial charge >= 0.3 is 0 Å². The van der Waals surface area contributed by atoms with Crippen LogP contribution in [0.5, 0.6) is 0 Å². The minimum absolute atomic E-state index is 0.0807. The highest BCUT2D eigenvalue weighted by Crippen LogP contribution is 2.36. The van der Waals surface area contributed by atoms with Crippen LogP contribution in [-0.2, 0) is 11.3 Å². The molecule has 0 spiro atoms. The second-order valence-electron chi connectivity index (χ2n) is 8.50. The number of nitrogens with zero attached hydrogens (tertiary/aromatic N) is 3. The molecule has 1 aromatic carbocycles. The van der Waals surface area contributed by atoms with Crippen molar-refractivity contribution in [1.82, 2.24) is 14.5 Å². The molecule has 0 aliphatic carbocycles. The lowest BCUT2D eigenvalue weighted by atomic mass is 9.83. The standard InChI is InChI=1S/C24H24N4O2S3/c1-15-22(17-6-3-2-4-7-17)26-23(33-15)25-20(29)14-32-24(31)27-11-16-10-18(13-27)19-8-5-9-21(30)28(19)12-16/h2-9,16,18H,10-14H2,1H3,(H,25,26,29). The van der Waals surface area contributed by atoms with Crippen LogP contribution in [0, 0.1) is 12.8 Å². The molecule has 1 N–H and O–H groups in total. The van der Waals surface area contributed by atoms with Crippen LogP contribution in [0.2, 0.25) is 0 Å². The van der Waals surface area contributed by atoms with Crippen LogP contribution in [0.4, 0.5) is 5.13 Å². The zero-order valence-corrected chi connectivity index (χ0v) is 20.6. The first-order valence-corrected chi connectivity index (χ1v) is 13.1. The van der Waals surface area contributed by atoms with E-state index in [0.717, 1.165) is 52.2 Å². The van der Waals surface area contributed by atoms with Gasteiger partial charge in [-0.2, -0.15) is 0 Å². The lowest BCUT2D eigenvalue weighted by Crippen LogP contribution is -2.48. The molecule has 33 heavy (non-hydrogen) atoms. The van der Waals surface area contributed by atoms with E-state index in [1.54, 1.807) is 6.07 Å². The van der Waals surface area contributed by atoms with Crippen molar-refractivity contribution in [1.29, 1.82) is 0 Å². The van der Waals surface area contributed by atoms with Crippen molar-refractivity contribution in [3.63, 3.8) is 0 Å². The second kappa shape index (κ2) is 9.40. The molecule has 2 atom stereocenters. The number of aryl methyl sites for hydroxylation is 1. The Morgan fingerprint density at radius 2 is 2.00 bits per heavy atom. The van der Waals surface area contributed by atoms with Crippen LogP contribution in [0.25, 0.3) is 11.3 Å². The normalized spacial score (nSPS) is 19.1. The summed E-state index contributed by atoms with van der Waals surface area (Å²) < 4.78 is 2.66. The number of thiazole rings is 1. The summed E-state index contributed by atoms with van der Waals surface area (Å²) in [5.74, 6) is 0.844. The Kier molecular flexibility index (Phi) is 6.36. The number of amides is 1. The fourth-order valence-electron chi connectivity index (χ4n) is 4.73. The molecule has 1 amide bonds. The number of carbonyl (C=O) groups is 1. The van der Waals surface area contributed by atoms with Crippen LogP contribution in [0.15, 0.2) is 53.3 Å². The van der Waals surface area contributed by atoms with Crippen LogP contribution in [-0.4, -0.2) is 43.5 Å². The Hall–Kier alpha value is -2.49. The Bertz CT molecular complexity index is 1250. The molecule has 170 valence electrons. The summed E-state index contributed by atoms with van der Waals surface area (Å²) in [5, 5.41) is 3.53. The number of aromatic nitrogens is 2. The van der Waals surface area contributed by atoms with Crippen molar-refractivity contribution in [2.45, 2.75) is 25.8 Å². The van der Waals surface area contributed by atoms with E-state index < -0.39 is 0 Å². The van der Waals surface area contributed by atoms with E-state index in [0.29, 0.717) is 17.0 Å². The summed E-state index contributed by atoms with van der Waals surface area (Å²) in [5.41, 5.74) is 3.12. The maximum Gasteiger partial charge on any atom is 0.250 e. The maximum atomic E-state index is 12.6. The zero-order valence-electron chi connectivity index (χ0n) is 18.2. The molecule has 5 rings (SSSR count). The minimum atomic E-state index is -0.107. The highest BCUT2D eigenvalue weighted by Gasteiger charge is 2.35. The van der Waals surface area contributed by atoms with Crippen molar-refractivity contribution in [2.75, 3.05) is 24.2 Å². The Morgan fingerprint density at radius 1 is 1.18 bits per heavy atom. The third kappa shape index (κ3) is 4.76. The fraction of sp³-hybridized carbons (Fsp3) is 0.333. The average molecular weight is 497 g/mol. The summed E-state index contributed by atoms with van der Waals surface area (Å²) in [4.78, 5) is 32.7. The lowest BCUT2D eigenvalue weighted by Gasteiger charge is -2.43. The maximum absolute atomic E-state index is 12.6. The van der Waals surface area contributed by atoms with E-state index in [9.17, 15) is 9.59 Å². The minimum Gasteiger partial charge on any atom is -0.356 e. The van der Waals surface area contributed by atoms with E-state index in [1.165, 1.54) is 23.1 Å². The van der Waals surface area contributed by atoms with Gasteiger partial charge in [0.1, 0.15) is 4.32 Å². The molecule has 4 heterocycles. The van der Waals surface area contributed by atoms with E-state index in [4.69, 9.17) is 12.2 Å². The Morgan fingerprint density at radius 3 is 2.82 bits per heavy atom. The molecule has 9 heteroatoms. The number of thioether (sulfide) groups is 1. The van der Waals surface area contributed by atoms with Gasteiger partial charge in [0.25, 0.3) is 5.56 Å². The van der Waals surface area contributed by atoms with Crippen molar-refractivity contribution in [3.8, 4) is 11.3 Å². The first-order valence-electron chi connectivity index (χ1n) is 10.9. The van der Waals surface area contributed by atoms with Crippen LogP contribution in [0.1, 0.15) is 22.9 Å². The number of likely N-dealkylation sites (tertiary alicyclic amines) is 1. The largest absolute Gasteiger partial charge is 0.356 e. The highest BCUT2D eigenvalue weighted by atomic mass is 32.2. The van der Waals surface area contributed by atoms with Gasteiger partial charge in [0.05, 0.1) is 11.4 Å². The van der Waals surface area contributed by atoms with E-state index in [-0.39, 0.29) is 17.2 Å². The van der Waals surface area contributed by atoms with Gasteiger partial charge in [0.15, 0.2) is 5.13 Å². The van der Waals surface area contributed by atoms with E-state index in [1.807, 2.05) is 47.9 Å². The molecule has 1 saturated heterocycles. The van der Waals surface area contributed by atoms with Gasteiger partial charge in [-0.15, -0.1) is 11.3 Å². The average Bonchev–Trinajstić information content (AvgIpc) is 3.18. The van der Waals surface area contributed by atoms with Crippen molar-refractivity contribution in [2.24, 2.45) is 5.92 Å². The van der Waals surface area contributed by atoms with Gasteiger partial charge < -0.3 is 14.8 Å². The predicted molar refractivity (Wildman–Crippen MR) is 139 cm³/mol.